The van der Waals surface area contributed by atoms with Crippen LogP contribution in [0.1, 0.15) is 31.8 Å². The van der Waals surface area contributed by atoms with Gasteiger partial charge in [0.15, 0.2) is 0 Å². The first-order chi connectivity index (χ1) is 10.6. The number of carbonyl (C=O) groups excluding carboxylic acids is 2. The molecule has 3 rings (SSSR count). The van der Waals surface area contributed by atoms with Crippen molar-refractivity contribution in [2.24, 2.45) is 0 Å². The summed E-state index contributed by atoms with van der Waals surface area (Å²) in [4.78, 5) is 28.1. The van der Waals surface area contributed by atoms with E-state index in [1.54, 1.807) is 24.3 Å². The fraction of sp³-hybridized carbons (Fsp3) is 0.222. The molecule has 2 aromatic carbocycles. The lowest BCUT2D eigenvalue weighted by Gasteiger charge is -2.15. The highest BCUT2D eigenvalue weighted by atomic mass is 16.2. The maximum atomic E-state index is 12.4. The molecule has 22 heavy (non-hydrogen) atoms. The van der Waals surface area contributed by atoms with E-state index in [-0.39, 0.29) is 11.8 Å². The van der Waals surface area contributed by atoms with Gasteiger partial charge in [-0.05, 0) is 37.4 Å². The molecule has 2 amide bonds. The third kappa shape index (κ3) is 2.65. The lowest BCUT2D eigenvalue weighted by molar-refractivity contribution is 0.0642. The third-order valence-electron chi connectivity index (χ3n) is 3.71. The number of imide groups is 1. The van der Waals surface area contributed by atoms with E-state index in [1.807, 2.05) is 38.4 Å². The highest BCUT2D eigenvalue weighted by molar-refractivity contribution is 6.21. The van der Waals surface area contributed by atoms with E-state index in [0.717, 1.165) is 12.1 Å². The summed E-state index contributed by atoms with van der Waals surface area (Å²) in [6.45, 7) is 1.14. The van der Waals surface area contributed by atoms with Crippen LogP contribution >= 0.6 is 0 Å². The molecule has 1 aliphatic rings. The zero-order valence-corrected chi connectivity index (χ0v) is 12.7. The fourth-order valence-electron chi connectivity index (χ4n) is 2.76. The zero-order chi connectivity index (χ0) is 15.7. The molecule has 1 heterocycles. The Kier molecular flexibility index (Phi) is 3.77. The summed E-state index contributed by atoms with van der Waals surface area (Å²) in [5.74, 6) is -0.419. The number of rotatable bonds is 4. The second-order valence-corrected chi connectivity index (χ2v) is 5.80. The molecule has 112 valence electrons. The zero-order valence-electron chi connectivity index (χ0n) is 12.7. The Labute approximate surface area is 130 Å². The van der Waals surface area contributed by atoms with E-state index >= 15 is 0 Å². The number of fused-ring (bicyclic) bond motifs is 1. The van der Waals surface area contributed by atoms with E-state index in [1.165, 1.54) is 10.5 Å². The van der Waals surface area contributed by atoms with E-state index in [9.17, 15) is 9.59 Å². The van der Waals surface area contributed by atoms with Crippen LogP contribution < -0.4 is 0 Å². The molecule has 0 aromatic heterocycles. The average Bonchev–Trinajstić information content (AvgIpc) is 2.73. The molecule has 0 aliphatic carbocycles. The van der Waals surface area contributed by atoms with E-state index in [0.29, 0.717) is 17.7 Å². The van der Waals surface area contributed by atoms with Gasteiger partial charge in [0.25, 0.3) is 11.8 Å². The highest BCUT2D eigenvalue weighted by Crippen LogP contribution is 2.24. The van der Waals surface area contributed by atoms with Gasteiger partial charge < -0.3 is 4.90 Å². The first kappa shape index (κ1) is 14.5. The maximum Gasteiger partial charge on any atom is 0.261 e. The molecule has 0 radical (unpaired) electrons. The minimum Gasteiger partial charge on any atom is -0.305 e. The van der Waals surface area contributed by atoms with Crippen molar-refractivity contribution in [1.29, 1.82) is 0 Å². The monoisotopic (exact) mass is 294 g/mol. The van der Waals surface area contributed by atoms with E-state index in [4.69, 9.17) is 0 Å². The molecule has 0 atom stereocenters. The number of nitrogens with zero attached hydrogens (tertiary/aromatic N) is 2. The molecular formula is C18H18N2O2. The van der Waals surface area contributed by atoms with Crippen molar-refractivity contribution < 1.29 is 9.59 Å². The number of hydrogen-bond acceptors (Lipinski definition) is 3. The third-order valence-corrected chi connectivity index (χ3v) is 3.71. The van der Waals surface area contributed by atoms with Crippen LogP contribution in [0.5, 0.6) is 0 Å². The van der Waals surface area contributed by atoms with Gasteiger partial charge in [0, 0.05) is 6.54 Å². The second kappa shape index (κ2) is 5.73. The Balaban J connectivity index is 1.83. The molecule has 2 aromatic rings. The summed E-state index contributed by atoms with van der Waals surface area (Å²) in [7, 11) is 4.02. The molecule has 4 nitrogen and oxygen atoms in total. The van der Waals surface area contributed by atoms with Gasteiger partial charge in [-0.3, -0.25) is 14.5 Å². The predicted molar refractivity (Wildman–Crippen MR) is 84.5 cm³/mol. The van der Waals surface area contributed by atoms with Gasteiger partial charge in [-0.15, -0.1) is 0 Å². The van der Waals surface area contributed by atoms with Gasteiger partial charge in [0.1, 0.15) is 0 Å². The number of amides is 2. The van der Waals surface area contributed by atoms with Crippen molar-refractivity contribution in [2.75, 3.05) is 14.1 Å². The molecule has 1 aliphatic heterocycles. The van der Waals surface area contributed by atoms with Crippen LogP contribution in [-0.4, -0.2) is 35.7 Å². The SMILES string of the molecule is CN(C)Cc1cccc(CN2C(=O)c3ccccc3C2=O)c1. The Hall–Kier alpha value is -2.46. The van der Waals surface area contributed by atoms with Crippen LogP contribution in [0, 0.1) is 0 Å². The Bertz CT molecular complexity index is 702. The lowest BCUT2D eigenvalue weighted by Crippen LogP contribution is -2.29. The Morgan fingerprint density at radius 2 is 1.45 bits per heavy atom. The quantitative estimate of drug-likeness (QED) is 0.814. The Morgan fingerprint density at radius 3 is 2.05 bits per heavy atom. The van der Waals surface area contributed by atoms with Crippen molar-refractivity contribution in [3.05, 3.63) is 70.8 Å². The van der Waals surface area contributed by atoms with Gasteiger partial charge in [0.05, 0.1) is 17.7 Å². The van der Waals surface area contributed by atoms with Crippen LogP contribution in [0.15, 0.2) is 48.5 Å². The molecule has 0 bridgehead atoms. The first-order valence-electron chi connectivity index (χ1n) is 7.24. The van der Waals surface area contributed by atoms with Crippen LogP contribution in [0.4, 0.5) is 0 Å². The molecular weight excluding hydrogens is 276 g/mol. The summed E-state index contributed by atoms with van der Waals surface area (Å²) in [5.41, 5.74) is 3.13. The van der Waals surface area contributed by atoms with Crippen molar-refractivity contribution in [3.8, 4) is 0 Å². The Morgan fingerprint density at radius 1 is 0.864 bits per heavy atom. The van der Waals surface area contributed by atoms with Gasteiger partial charge in [-0.25, -0.2) is 0 Å². The normalized spacial score (nSPS) is 13.9. The van der Waals surface area contributed by atoms with Gasteiger partial charge in [-0.1, -0.05) is 36.4 Å². The summed E-state index contributed by atoms with van der Waals surface area (Å²) < 4.78 is 0. The first-order valence-corrected chi connectivity index (χ1v) is 7.24. The number of carbonyl (C=O) groups is 2. The molecule has 0 N–H and O–H groups in total. The van der Waals surface area contributed by atoms with Crippen molar-refractivity contribution in [2.45, 2.75) is 13.1 Å². The molecule has 0 spiro atoms. The summed E-state index contributed by atoms with van der Waals surface area (Å²) in [5, 5.41) is 0. The summed E-state index contributed by atoms with van der Waals surface area (Å²) in [6.07, 6.45) is 0. The minimum atomic E-state index is -0.210. The van der Waals surface area contributed by atoms with Crippen LogP contribution in [0.25, 0.3) is 0 Å². The van der Waals surface area contributed by atoms with Crippen molar-refractivity contribution >= 4 is 11.8 Å². The minimum absolute atomic E-state index is 0.210. The van der Waals surface area contributed by atoms with Crippen molar-refractivity contribution in [3.63, 3.8) is 0 Å². The number of hydrogen-bond donors (Lipinski definition) is 0. The van der Waals surface area contributed by atoms with Gasteiger partial charge in [-0.2, -0.15) is 0 Å². The molecule has 0 saturated heterocycles. The average molecular weight is 294 g/mol. The molecule has 0 fully saturated rings. The van der Waals surface area contributed by atoms with E-state index < -0.39 is 0 Å². The van der Waals surface area contributed by atoms with Crippen molar-refractivity contribution in [1.82, 2.24) is 9.80 Å². The van der Waals surface area contributed by atoms with E-state index in [2.05, 4.69) is 4.90 Å². The highest BCUT2D eigenvalue weighted by Gasteiger charge is 2.34. The largest absolute Gasteiger partial charge is 0.305 e. The second-order valence-electron chi connectivity index (χ2n) is 5.80. The molecule has 0 unspecified atom stereocenters. The summed E-state index contributed by atoms with van der Waals surface area (Å²) in [6, 6.07) is 15.0. The summed E-state index contributed by atoms with van der Waals surface area (Å²) >= 11 is 0. The van der Waals surface area contributed by atoms with Crippen LogP contribution in [0.2, 0.25) is 0 Å². The number of benzene rings is 2. The fourth-order valence-corrected chi connectivity index (χ4v) is 2.76. The standard InChI is InChI=1S/C18H18N2O2/c1-19(2)11-13-6-5-7-14(10-13)12-20-17(21)15-8-3-4-9-16(15)18(20)22/h3-10H,11-12H2,1-2H3. The smallest absolute Gasteiger partial charge is 0.261 e. The molecule has 4 heteroatoms. The van der Waals surface area contributed by atoms with Crippen LogP contribution in [0.3, 0.4) is 0 Å². The lowest BCUT2D eigenvalue weighted by atomic mass is 10.1. The van der Waals surface area contributed by atoms with Gasteiger partial charge >= 0.3 is 0 Å². The predicted octanol–water partition coefficient (Wildman–Crippen LogP) is 2.54. The topological polar surface area (TPSA) is 40.6 Å². The van der Waals surface area contributed by atoms with Gasteiger partial charge in [0.2, 0.25) is 0 Å². The van der Waals surface area contributed by atoms with Crippen LogP contribution in [-0.2, 0) is 13.1 Å². The molecule has 0 saturated carbocycles. The maximum absolute atomic E-state index is 12.4.